The number of carbonyl (C=O) groups excluding carboxylic acids is 1. The van der Waals surface area contributed by atoms with Gasteiger partial charge in [-0.25, -0.2) is 4.39 Å². The molecule has 0 aliphatic rings. The Bertz CT molecular complexity index is 686. The molecule has 2 aromatic carbocycles. The van der Waals surface area contributed by atoms with E-state index in [1.54, 1.807) is 20.3 Å². The topological polar surface area (TPSA) is 47.6 Å². The maximum absolute atomic E-state index is 13.1. The van der Waals surface area contributed by atoms with Crippen LogP contribution in [0.25, 0.3) is 0 Å². The molecule has 5 heteroatoms. The fourth-order valence-electron chi connectivity index (χ4n) is 2.16. The van der Waals surface area contributed by atoms with Gasteiger partial charge in [-0.1, -0.05) is 6.07 Å². The van der Waals surface area contributed by atoms with Gasteiger partial charge >= 0.3 is 0 Å². The zero-order chi connectivity index (χ0) is 16.1. The van der Waals surface area contributed by atoms with Gasteiger partial charge in [0.25, 0.3) is 5.91 Å². The van der Waals surface area contributed by atoms with Crippen LogP contribution in [0.3, 0.4) is 0 Å². The summed E-state index contributed by atoms with van der Waals surface area (Å²) in [5.74, 6) is 0.594. The molecule has 0 unspecified atom stereocenters. The molecule has 0 fully saturated rings. The van der Waals surface area contributed by atoms with Crippen molar-refractivity contribution in [3.05, 3.63) is 58.9 Å². The van der Waals surface area contributed by atoms with E-state index >= 15 is 0 Å². The van der Waals surface area contributed by atoms with E-state index in [1.807, 2.05) is 19.1 Å². The molecule has 0 atom stereocenters. The van der Waals surface area contributed by atoms with Gasteiger partial charge in [-0.2, -0.15) is 0 Å². The molecular weight excluding hydrogens is 285 g/mol. The van der Waals surface area contributed by atoms with Crippen LogP contribution in [0.5, 0.6) is 11.5 Å². The Kier molecular flexibility index (Phi) is 4.99. The molecule has 4 nitrogen and oxygen atoms in total. The summed E-state index contributed by atoms with van der Waals surface area (Å²) in [7, 11) is 3.16. The third-order valence-corrected chi connectivity index (χ3v) is 3.32. The number of hydrogen-bond donors (Lipinski definition) is 1. The maximum atomic E-state index is 13.1. The molecule has 2 rings (SSSR count). The molecule has 1 N–H and O–H groups in total. The van der Waals surface area contributed by atoms with Crippen molar-refractivity contribution in [1.82, 2.24) is 5.32 Å². The summed E-state index contributed by atoms with van der Waals surface area (Å²) in [4.78, 5) is 12.0. The van der Waals surface area contributed by atoms with Crippen molar-refractivity contribution in [1.29, 1.82) is 0 Å². The van der Waals surface area contributed by atoms with Crippen molar-refractivity contribution < 1.29 is 18.7 Å². The van der Waals surface area contributed by atoms with Crippen LogP contribution in [-0.4, -0.2) is 20.1 Å². The molecule has 0 spiro atoms. The van der Waals surface area contributed by atoms with E-state index in [4.69, 9.17) is 9.47 Å². The number of halogens is 1. The fourth-order valence-corrected chi connectivity index (χ4v) is 2.16. The lowest BCUT2D eigenvalue weighted by Gasteiger charge is -2.13. The standard InChI is InChI=1S/C17H18FNO3/c1-11-7-16(22-3)13(9-15(11)21-2)10-19-17(20)12-5-4-6-14(18)8-12/h4-9H,10H2,1-3H3,(H,19,20). The first kappa shape index (κ1) is 15.8. The molecule has 0 bridgehead atoms. The Morgan fingerprint density at radius 1 is 1.14 bits per heavy atom. The van der Waals surface area contributed by atoms with Crippen LogP contribution in [-0.2, 0) is 6.54 Å². The van der Waals surface area contributed by atoms with E-state index in [1.165, 1.54) is 18.2 Å². The SMILES string of the molecule is COc1cc(CNC(=O)c2cccc(F)c2)c(OC)cc1C. The number of benzene rings is 2. The Labute approximate surface area is 128 Å². The molecule has 1 amide bonds. The lowest BCUT2D eigenvalue weighted by atomic mass is 10.1. The molecule has 0 aliphatic carbocycles. The fraction of sp³-hybridized carbons (Fsp3) is 0.235. The van der Waals surface area contributed by atoms with Gasteiger partial charge in [0, 0.05) is 17.7 Å². The van der Waals surface area contributed by atoms with Crippen LogP contribution in [0, 0.1) is 12.7 Å². The number of nitrogens with one attached hydrogen (secondary N) is 1. The van der Waals surface area contributed by atoms with Gasteiger partial charge in [-0.05, 0) is 42.8 Å². The number of hydrogen-bond acceptors (Lipinski definition) is 3. The van der Waals surface area contributed by atoms with Crippen LogP contribution in [0.2, 0.25) is 0 Å². The van der Waals surface area contributed by atoms with E-state index in [0.29, 0.717) is 5.75 Å². The van der Waals surface area contributed by atoms with Crippen molar-refractivity contribution in [2.45, 2.75) is 13.5 Å². The molecule has 0 aromatic heterocycles. The third kappa shape index (κ3) is 3.55. The average Bonchev–Trinajstić information content (AvgIpc) is 2.52. The summed E-state index contributed by atoms with van der Waals surface area (Å²) in [6, 6.07) is 9.22. The zero-order valence-electron chi connectivity index (χ0n) is 12.8. The van der Waals surface area contributed by atoms with Gasteiger partial charge < -0.3 is 14.8 Å². The van der Waals surface area contributed by atoms with E-state index < -0.39 is 5.82 Å². The minimum Gasteiger partial charge on any atom is -0.496 e. The van der Waals surface area contributed by atoms with Crippen LogP contribution in [0.4, 0.5) is 4.39 Å². The second-order valence-corrected chi connectivity index (χ2v) is 4.83. The number of carbonyl (C=O) groups is 1. The quantitative estimate of drug-likeness (QED) is 0.923. The third-order valence-electron chi connectivity index (χ3n) is 3.32. The number of rotatable bonds is 5. The Balaban J connectivity index is 2.15. The van der Waals surface area contributed by atoms with E-state index in [2.05, 4.69) is 5.32 Å². The van der Waals surface area contributed by atoms with Crippen LogP contribution in [0.15, 0.2) is 36.4 Å². The lowest BCUT2D eigenvalue weighted by molar-refractivity contribution is 0.0950. The normalized spacial score (nSPS) is 10.2. The maximum Gasteiger partial charge on any atom is 0.251 e. The van der Waals surface area contributed by atoms with Crippen molar-refractivity contribution in [3.8, 4) is 11.5 Å². The molecule has 0 aliphatic heterocycles. The smallest absolute Gasteiger partial charge is 0.251 e. The minimum atomic E-state index is -0.442. The second kappa shape index (κ2) is 6.93. The summed E-state index contributed by atoms with van der Waals surface area (Å²) in [5.41, 5.74) is 2.01. The van der Waals surface area contributed by atoms with Gasteiger partial charge in [-0.15, -0.1) is 0 Å². The van der Waals surface area contributed by atoms with Crippen LogP contribution in [0.1, 0.15) is 21.5 Å². The van der Waals surface area contributed by atoms with E-state index in [9.17, 15) is 9.18 Å². The first-order chi connectivity index (χ1) is 10.5. The Hall–Kier alpha value is -2.56. The molecule has 0 saturated heterocycles. The van der Waals surface area contributed by atoms with Crippen LogP contribution < -0.4 is 14.8 Å². The minimum absolute atomic E-state index is 0.259. The summed E-state index contributed by atoms with van der Waals surface area (Å²) in [5, 5.41) is 2.75. The number of amides is 1. The lowest BCUT2D eigenvalue weighted by Crippen LogP contribution is -2.23. The predicted molar refractivity (Wildman–Crippen MR) is 81.9 cm³/mol. The van der Waals surface area contributed by atoms with Crippen molar-refractivity contribution in [2.24, 2.45) is 0 Å². The first-order valence-electron chi connectivity index (χ1n) is 6.80. The van der Waals surface area contributed by atoms with Crippen molar-refractivity contribution in [2.75, 3.05) is 14.2 Å². The molecular formula is C17H18FNO3. The number of aryl methyl sites for hydroxylation is 1. The Morgan fingerprint density at radius 3 is 2.50 bits per heavy atom. The molecule has 0 saturated carbocycles. The van der Waals surface area contributed by atoms with Crippen molar-refractivity contribution in [3.63, 3.8) is 0 Å². The summed E-state index contributed by atoms with van der Waals surface area (Å²) in [6.45, 7) is 2.17. The van der Waals surface area contributed by atoms with Gasteiger partial charge in [-0.3, -0.25) is 4.79 Å². The highest BCUT2D eigenvalue weighted by molar-refractivity contribution is 5.94. The highest BCUT2D eigenvalue weighted by Crippen LogP contribution is 2.28. The molecule has 2 aromatic rings. The number of methoxy groups -OCH3 is 2. The van der Waals surface area contributed by atoms with Gasteiger partial charge in [0.1, 0.15) is 17.3 Å². The van der Waals surface area contributed by atoms with Gasteiger partial charge in [0.15, 0.2) is 0 Å². The second-order valence-electron chi connectivity index (χ2n) is 4.83. The van der Waals surface area contributed by atoms with Crippen LogP contribution >= 0.6 is 0 Å². The average molecular weight is 303 g/mol. The van der Waals surface area contributed by atoms with E-state index in [0.717, 1.165) is 16.9 Å². The molecule has 116 valence electrons. The molecule has 0 heterocycles. The summed E-state index contributed by atoms with van der Waals surface area (Å²) in [6.07, 6.45) is 0. The van der Waals surface area contributed by atoms with Gasteiger partial charge in [0.05, 0.1) is 14.2 Å². The summed E-state index contributed by atoms with van der Waals surface area (Å²) >= 11 is 0. The predicted octanol–water partition coefficient (Wildman–Crippen LogP) is 3.08. The zero-order valence-corrected chi connectivity index (χ0v) is 12.8. The molecule has 0 radical (unpaired) electrons. The highest BCUT2D eigenvalue weighted by atomic mass is 19.1. The van der Waals surface area contributed by atoms with Crippen molar-refractivity contribution >= 4 is 5.91 Å². The monoisotopic (exact) mass is 303 g/mol. The van der Waals surface area contributed by atoms with E-state index in [-0.39, 0.29) is 18.0 Å². The first-order valence-corrected chi connectivity index (χ1v) is 6.80. The number of ether oxygens (including phenoxy) is 2. The largest absolute Gasteiger partial charge is 0.496 e. The highest BCUT2D eigenvalue weighted by Gasteiger charge is 2.11. The Morgan fingerprint density at radius 2 is 1.86 bits per heavy atom. The summed E-state index contributed by atoms with van der Waals surface area (Å²) < 4.78 is 23.7. The van der Waals surface area contributed by atoms with Gasteiger partial charge in [0.2, 0.25) is 0 Å². The molecule has 22 heavy (non-hydrogen) atoms.